The van der Waals surface area contributed by atoms with Crippen LogP contribution >= 0.6 is 68.0 Å². The fourth-order valence-electron chi connectivity index (χ4n) is 13.0. The zero-order valence-electron chi connectivity index (χ0n) is 53.7. The highest BCUT2D eigenvalue weighted by Crippen LogP contribution is 2.55. The van der Waals surface area contributed by atoms with Gasteiger partial charge in [0.2, 0.25) is 0 Å². The van der Waals surface area contributed by atoms with E-state index in [2.05, 4.69) is 103 Å². The van der Waals surface area contributed by atoms with Crippen molar-refractivity contribution in [3.63, 3.8) is 0 Å². The molecule has 486 valence electrons. The summed E-state index contributed by atoms with van der Waals surface area (Å²) in [5.41, 5.74) is 3.98. The van der Waals surface area contributed by atoms with Gasteiger partial charge in [0.1, 0.15) is 4.88 Å². The summed E-state index contributed by atoms with van der Waals surface area (Å²) in [5.74, 6) is 1.57. The van der Waals surface area contributed by atoms with Crippen LogP contribution in [0.15, 0.2) is 36.4 Å². The van der Waals surface area contributed by atoms with Crippen molar-refractivity contribution < 1.29 is 38.6 Å². The lowest BCUT2D eigenvalue weighted by Crippen LogP contribution is -2.33. The Balaban J connectivity index is 0.000000152. The van der Waals surface area contributed by atoms with Gasteiger partial charge in [-0.15, -0.1) is 98.6 Å². The van der Waals surface area contributed by atoms with Gasteiger partial charge in [-0.25, -0.2) is 4.79 Å². The Morgan fingerprint density at radius 2 is 0.696 bits per heavy atom. The van der Waals surface area contributed by atoms with Crippen LogP contribution in [0.1, 0.15) is 189 Å². The molecular weight excluding hydrogens is 1290 g/mol. The Morgan fingerprint density at radius 3 is 0.924 bits per heavy atom. The monoisotopic (exact) mass is 1360 g/mol. The third-order valence-electron chi connectivity index (χ3n) is 16.5. The van der Waals surface area contributed by atoms with E-state index in [1.165, 1.54) is 42.2 Å². The minimum Gasteiger partial charge on any atom is -0.477 e. The van der Waals surface area contributed by atoms with E-state index in [0.717, 1.165) is 88.1 Å². The Morgan fingerprint density at radius 1 is 0.446 bits per heavy atom. The Labute approximate surface area is 556 Å². The van der Waals surface area contributed by atoms with E-state index in [1.54, 1.807) is 127 Å². The van der Waals surface area contributed by atoms with Crippen LogP contribution in [0.4, 0.5) is 0 Å². The number of carbonyl (C=O) groups is 6. The summed E-state index contributed by atoms with van der Waals surface area (Å²) in [5, 5.41) is 55.9. The van der Waals surface area contributed by atoms with Crippen LogP contribution in [0.5, 0.6) is 5.06 Å². The number of rotatable bonds is 16. The molecule has 0 saturated heterocycles. The lowest BCUT2D eigenvalue weighted by atomic mass is 9.69. The Bertz CT molecular complexity index is 3830. The Kier molecular flexibility index (Phi) is 19.7. The van der Waals surface area contributed by atoms with E-state index >= 15 is 0 Å². The number of aromatic carboxylic acids is 1. The van der Waals surface area contributed by atoms with Crippen LogP contribution in [0, 0.1) is 17.8 Å². The number of tetrazole rings is 3. The molecule has 0 saturated carbocycles. The van der Waals surface area contributed by atoms with Gasteiger partial charge in [0.15, 0.2) is 22.5 Å². The molecule has 4 amide bonds. The predicted molar refractivity (Wildman–Crippen MR) is 354 cm³/mol. The van der Waals surface area contributed by atoms with Gasteiger partial charge in [0.25, 0.3) is 30.1 Å². The third-order valence-corrected chi connectivity index (χ3v) is 23.5. The molecule has 9 aromatic heterocycles. The summed E-state index contributed by atoms with van der Waals surface area (Å²) in [7, 11) is 14.1. The highest BCUT2D eigenvalue weighted by molar-refractivity contribution is 7.16. The molecule has 3 aliphatic rings. The second-order valence-electron chi connectivity index (χ2n) is 25.2. The molecular formula is C62H74N16O8S6. The molecule has 3 aliphatic carbocycles. The van der Waals surface area contributed by atoms with Crippen LogP contribution in [-0.2, 0) is 59.6 Å². The van der Waals surface area contributed by atoms with Crippen LogP contribution in [0.25, 0.3) is 0 Å². The number of ether oxygens (including phenoxy) is 1. The number of carboxylic acid groups (broad SMARTS) is 1. The molecule has 0 fully saturated rings. The maximum absolute atomic E-state index is 12.8. The molecule has 1 unspecified atom stereocenters. The number of thiophene rings is 6. The highest BCUT2D eigenvalue weighted by atomic mass is 32.1. The molecule has 9 heterocycles. The van der Waals surface area contributed by atoms with Gasteiger partial charge in [-0.2, -0.15) is 15.6 Å². The number of nitrogens with one attached hydrogen (secondary N) is 3. The lowest BCUT2D eigenvalue weighted by Gasteiger charge is -2.33. The normalized spacial score (nSPS) is 15.8. The summed E-state index contributed by atoms with van der Waals surface area (Å²) in [6.45, 7) is 13.3. The van der Waals surface area contributed by atoms with E-state index in [9.17, 15) is 33.9 Å². The number of fused-ring (bicyclic) bond motifs is 6. The molecule has 4 N–H and O–H groups in total. The molecule has 12 rings (SSSR count). The number of H-pyrrole nitrogens is 3. The van der Waals surface area contributed by atoms with Gasteiger partial charge in [-0.3, -0.25) is 24.0 Å². The van der Waals surface area contributed by atoms with Crippen LogP contribution < -0.4 is 4.74 Å². The first-order valence-corrected chi connectivity index (χ1v) is 34.9. The smallest absolute Gasteiger partial charge is 0.345 e. The van der Waals surface area contributed by atoms with Gasteiger partial charge in [0.05, 0.1) is 35.8 Å². The average molecular weight is 1360 g/mol. The molecule has 0 aliphatic heterocycles. The number of hydrogen-bond acceptors (Lipinski definition) is 22. The van der Waals surface area contributed by atoms with Crippen molar-refractivity contribution in [2.45, 2.75) is 116 Å². The fraction of sp³-hybridized carbons (Fsp3) is 0.468. The summed E-state index contributed by atoms with van der Waals surface area (Å²) >= 11 is 8.95. The summed E-state index contributed by atoms with van der Waals surface area (Å²) in [4.78, 5) is 90.2. The number of aromatic amines is 3. The molecule has 0 radical (unpaired) electrons. The largest absolute Gasteiger partial charge is 0.477 e. The zero-order valence-corrected chi connectivity index (χ0v) is 58.6. The second kappa shape index (κ2) is 27.1. The number of nitrogens with zero attached hydrogens (tertiary/aromatic N) is 13. The van der Waals surface area contributed by atoms with E-state index in [0.29, 0.717) is 78.1 Å². The van der Waals surface area contributed by atoms with Crippen molar-refractivity contribution in [1.82, 2.24) is 81.5 Å². The summed E-state index contributed by atoms with van der Waals surface area (Å²) in [6, 6.07) is 11.7. The fourth-order valence-corrected chi connectivity index (χ4v) is 20.1. The first kappa shape index (κ1) is 67.1. The maximum atomic E-state index is 12.8. The lowest BCUT2D eigenvalue weighted by molar-refractivity contribution is -0.120. The Hall–Kier alpha value is -7.77. The number of amides is 4. The predicted octanol–water partition coefficient (Wildman–Crippen LogP) is 9.45. The number of aromatic nitrogens is 12. The molecule has 9 aromatic rings. The molecule has 0 bridgehead atoms. The average Bonchev–Trinajstić information content (AvgIpc) is 1.56. The van der Waals surface area contributed by atoms with Crippen molar-refractivity contribution in [3.05, 3.63) is 141 Å². The molecule has 0 spiro atoms. The minimum absolute atomic E-state index is 0.0105. The second-order valence-corrected chi connectivity index (χ2v) is 32.0. The number of hydrogen-bond donors (Lipinski definition) is 4. The van der Waals surface area contributed by atoms with E-state index in [1.807, 2.05) is 30.3 Å². The number of carbonyl (C=O) groups excluding carboxylic acids is 5. The van der Waals surface area contributed by atoms with Crippen molar-refractivity contribution in [3.8, 4) is 5.06 Å². The van der Waals surface area contributed by atoms with Crippen LogP contribution in [0.2, 0.25) is 0 Å². The maximum Gasteiger partial charge on any atom is 0.345 e. The quantitative estimate of drug-likeness (QED) is 0.0654. The van der Waals surface area contributed by atoms with E-state index in [4.69, 9.17) is 4.74 Å². The van der Waals surface area contributed by atoms with E-state index < -0.39 is 22.2 Å². The van der Waals surface area contributed by atoms with Gasteiger partial charge < -0.3 is 29.4 Å². The molecule has 1 atom stereocenters. The summed E-state index contributed by atoms with van der Waals surface area (Å²) in [6.07, 6.45) is 6.81. The topological polar surface area (TPSA) is 308 Å². The van der Waals surface area contributed by atoms with Gasteiger partial charge >= 0.3 is 5.97 Å². The molecule has 0 aromatic carbocycles. The van der Waals surface area contributed by atoms with Crippen LogP contribution in [0.3, 0.4) is 0 Å². The van der Waals surface area contributed by atoms with Gasteiger partial charge in [-0.1, -0.05) is 57.2 Å². The highest BCUT2D eigenvalue weighted by Gasteiger charge is 2.51. The van der Waals surface area contributed by atoms with Crippen LogP contribution in [-0.4, -0.2) is 179 Å². The van der Waals surface area contributed by atoms with Crippen molar-refractivity contribution in [2.75, 3.05) is 56.4 Å². The summed E-state index contributed by atoms with van der Waals surface area (Å²) < 4.78 is 5.13. The number of carboxylic acids is 1. The zero-order chi connectivity index (χ0) is 66.3. The first-order valence-electron chi connectivity index (χ1n) is 30.0. The van der Waals surface area contributed by atoms with Crippen molar-refractivity contribution >= 4 is 104 Å². The van der Waals surface area contributed by atoms with Gasteiger partial charge in [-0.05, 0) is 145 Å². The SMILES string of the molecule is CC(C)CC1(c2nn[nH]n2)c2cc(C(=O)N(C)C)sc2CCc2sc(C(=O)N(C)C)cc21.CC(C)CC1(c2nn[nH]n2)c2cc(C(=O)N(C)C)sc2CCc2sc(C(=O)N(C)C)cc21.CC(C)CC1(c2nn[nH]n2)c2cc(OC=O)sc2CCc2sc(C(=O)O)cc21. The van der Waals surface area contributed by atoms with Gasteiger partial charge in [0, 0.05) is 85.6 Å². The van der Waals surface area contributed by atoms with Crippen molar-refractivity contribution in [1.29, 1.82) is 0 Å². The number of aryl methyl sites for hydroxylation is 6. The first-order chi connectivity index (χ1) is 43.7. The van der Waals surface area contributed by atoms with Crippen molar-refractivity contribution in [2.24, 2.45) is 17.8 Å². The third kappa shape index (κ3) is 12.5. The molecule has 30 heteroatoms. The standard InChI is InChI=1S/2C22H28N6O2S2.C18H18N4O4S2/c2*1-12(2)11-22(21-23-25-26-24-21)13-9-17(19(29)27(3)4)31-15(13)7-8-16-14(22)10-18(32-16)20(30)28(5)6;1-9(2)7-18(17-19-21-22-20-17)10-5-14(16(24)25)27-12(10)3-4-13-11(18)6-15(28-13)26-8-23/h2*9-10,12H,7-8,11H2,1-6H3,(H,23,24,25,26);5-6,8-9H,3-4,7H2,1-2H3,(H,24,25)(H,19,20,21,22). The van der Waals surface area contributed by atoms with E-state index in [-0.39, 0.29) is 29.5 Å². The minimum atomic E-state index is -0.944. The molecule has 24 nitrogen and oxygen atoms in total. The molecule has 92 heavy (non-hydrogen) atoms.